The molecule has 0 radical (unpaired) electrons. The van der Waals surface area contributed by atoms with Crippen molar-refractivity contribution in [2.24, 2.45) is 0 Å². The average Bonchev–Trinajstić information content (AvgIpc) is 3.19. The molecule has 0 spiro atoms. The van der Waals surface area contributed by atoms with Gasteiger partial charge in [-0.1, -0.05) is 35.4 Å². The molecule has 4 heterocycles. The number of aryl methyl sites for hydroxylation is 1. The maximum Gasteiger partial charge on any atom is 0.410 e. The minimum Gasteiger partial charge on any atom is -0.444 e. The van der Waals surface area contributed by atoms with Crippen molar-refractivity contribution in [3.8, 4) is 0 Å². The van der Waals surface area contributed by atoms with E-state index in [-0.39, 0.29) is 17.0 Å². The summed E-state index contributed by atoms with van der Waals surface area (Å²) >= 11 is 6.45. The number of nitrogens with zero attached hydrogens (tertiary/aromatic N) is 4. The number of rotatable bonds is 4. The lowest BCUT2D eigenvalue weighted by Crippen LogP contribution is -2.62. The minimum absolute atomic E-state index is 0.202. The number of pyridine rings is 1. The summed E-state index contributed by atoms with van der Waals surface area (Å²) in [4.78, 5) is 20.9. The Morgan fingerprint density at radius 1 is 1.14 bits per heavy atom. The summed E-state index contributed by atoms with van der Waals surface area (Å²) in [7, 11) is -3.91. The molecule has 37 heavy (non-hydrogen) atoms. The predicted molar refractivity (Wildman–Crippen MR) is 144 cm³/mol. The van der Waals surface area contributed by atoms with Crippen LogP contribution in [0.25, 0.3) is 16.6 Å². The third-order valence-electron chi connectivity index (χ3n) is 6.77. The Bertz CT molecular complexity index is 1480. The van der Waals surface area contributed by atoms with Gasteiger partial charge in [0.25, 0.3) is 10.0 Å². The van der Waals surface area contributed by atoms with Gasteiger partial charge in [-0.25, -0.2) is 22.2 Å². The number of hydrogen-bond acceptors (Lipinski definition) is 6. The molecular weight excluding hydrogens is 512 g/mol. The molecule has 0 unspecified atom stereocenters. The van der Waals surface area contributed by atoms with E-state index in [0.717, 1.165) is 17.7 Å². The number of amides is 1. The van der Waals surface area contributed by atoms with E-state index in [1.807, 2.05) is 33.8 Å². The van der Waals surface area contributed by atoms with Crippen molar-refractivity contribution in [1.82, 2.24) is 18.8 Å². The van der Waals surface area contributed by atoms with Crippen molar-refractivity contribution in [3.05, 3.63) is 65.0 Å². The largest absolute Gasteiger partial charge is 0.444 e. The number of benzene rings is 1. The molecule has 3 aromatic rings. The van der Waals surface area contributed by atoms with Crippen molar-refractivity contribution < 1.29 is 17.9 Å². The second kappa shape index (κ2) is 9.45. The molecule has 8 nitrogen and oxygen atoms in total. The van der Waals surface area contributed by atoms with Gasteiger partial charge >= 0.3 is 6.09 Å². The molecule has 196 valence electrons. The fourth-order valence-corrected chi connectivity index (χ4v) is 6.43. The van der Waals surface area contributed by atoms with Gasteiger partial charge in [-0.15, -0.1) is 0 Å². The minimum atomic E-state index is -3.91. The quantitative estimate of drug-likeness (QED) is 0.464. The first kappa shape index (κ1) is 25.8. The van der Waals surface area contributed by atoms with E-state index in [0.29, 0.717) is 47.8 Å². The molecule has 0 bridgehead atoms. The summed E-state index contributed by atoms with van der Waals surface area (Å²) in [6, 6.07) is 10.6. The van der Waals surface area contributed by atoms with E-state index in [9.17, 15) is 13.2 Å². The summed E-state index contributed by atoms with van der Waals surface area (Å²) in [5.41, 5.74) is 2.30. The zero-order valence-corrected chi connectivity index (χ0v) is 23.0. The number of carbonyl (C=O) groups excluding carboxylic acids is 1. The van der Waals surface area contributed by atoms with Crippen LogP contribution in [0.1, 0.15) is 38.4 Å². The van der Waals surface area contributed by atoms with Gasteiger partial charge in [0.1, 0.15) is 5.60 Å². The van der Waals surface area contributed by atoms with Crippen LogP contribution in [0, 0.1) is 6.92 Å². The number of fused-ring (bicyclic) bond motifs is 1. The molecule has 10 heteroatoms. The topological polar surface area (TPSA) is 84.7 Å². The summed E-state index contributed by atoms with van der Waals surface area (Å²) < 4.78 is 34.4. The summed E-state index contributed by atoms with van der Waals surface area (Å²) in [6.45, 7) is 10.2. The van der Waals surface area contributed by atoms with Crippen molar-refractivity contribution in [3.63, 3.8) is 0 Å². The van der Waals surface area contributed by atoms with E-state index in [4.69, 9.17) is 16.3 Å². The number of hydrogen-bond donors (Lipinski definition) is 0. The van der Waals surface area contributed by atoms with E-state index in [1.54, 1.807) is 35.2 Å². The highest BCUT2D eigenvalue weighted by molar-refractivity contribution is 7.90. The molecule has 0 saturated carbocycles. The number of likely N-dealkylation sites (tertiary alicyclic amines) is 1. The van der Waals surface area contributed by atoms with E-state index in [1.165, 1.54) is 10.2 Å². The van der Waals surface area contributed by atoms with Crippen molar-refractivity contribution in [2.45, 2.75) is 50.7 Å². The van der Waals surface area contributed by atoms with Gasteiger partial charge < -0.3 is 9.64 Å². The van der Waals surface area contributed by atoms with Crippen LogP contribution in [-0.4, -0.2) is 71.1 Å². The molecule has 1 aromatic carbocycles. The molecule has 5 rings (SSSR count). The molecule has 0 N–H and O–H groups in total. The van der Waals surface area contributed by atoms with Crippen LogP contribution in [0.3, 0.4) is 0 Å². The Balaban J connectivity index is 1.41. The second-order valence-electron chi connectivity index (χ2n) is 10.7. The van der Waals surface area contributed by atoms with E-state index >= 15 is 0 Å². The Hall–Kier alpha value is -2.88. The smallest absolute Gasteiger partial charge is 0.410 e. The van der Waals surface area contributed by atoms with Gasteiger partial charge in [0.15, 0.2) is 5.65 Å². The van der Waals surface area contributed by atoms with Crippen LogP contribution >= 0.6 is 11.6 Å². The Morgan fingerprint density at radius 2 is 1.84 bits per heavy atom. The van der Waals surface area contributed by atoms with Crippen LogP contribution in [0.15, 0.2) is 53.6 Å². The predicted octanol–water partition coefficient (Wildman–Crippen LogP) is 4.94. The molecule has 2 aromatic heterocycles. The van der Waals surface area contributed by atoms with Gasteiger partial charge in [0.2, 0.25) is 0 Å². The highest BCUT2D eigenvalue weighted by Gasteiger charge is 2.38. The average molecular weight is 543 g/mol. The maximum atomic E-state index is 13.8. The number of ether oxygens (including phenoxy) is 1. The molecule has 0 atom stereocenters. The van der Waals surface area contributed by atoms with E-state index < -0.39 is 15.6 Å². The lowest BCUT2D eigenvalue weighted by Gasteiger charge is -2.46. The first-order chi connectivity index (χ1) is 17.4. The summed E-state index contributed by atoms with van der Waals surface area (Å²) in [5.74, 6) is 0. The van der Waals surface area contributed by atoms with Gasteiger partial charge in [0, 0.05) is 43.8 Å². The van der Waals surface area contributed by atoms with Gasteiger partial charge in [-0.05, 0) is 64.0 Å². The van der Waals surface area contributed by atoms with Crippen molar-refractivity contribution in [2.75, 3.05) is 26.2 Å². The molecular formula is C27H31ClN4O4S. The number of carbonyl (C=O) groups is 1. The lowest BCUT2D eigenvalue weighted by atomic mass is 10.0. The van der Waals surface area contributed by atoms with Crippen LogP contribution in [0.2, 0.25) is 5.02 Å². The Labute approximate surface area is 222 Å². The third-order valence-corrected chi connectivity index (χ3v) is 8.82. The monoisotopic (exact) mass is 542 g/mol. The highest BCUT2D eigenvalue weighted by atomic mass is 35.5. The number of aromatic nitrogens is 2. The molecule has 0 aliphatic carbocycles. The lowest BCUT2D eigenvalue weighted by molar-refractivity contribution is -0.0134. The molecule has 1 saturated heterocycles. The maximum absolute atomic E-state index is 13.8. The van der Waals surface area contributed by atoms with E-state index in [2.05, 4.69) is 16.0 Å². The fourth-order valence-electron chi connectivity index (χ4n) is 4.74. The molecule has 1 fully saturated rings. The Morgan fingerprint density at radius 3 is 2.46 bits per heavy atom. The van der Waals surface area contributed by atoms with Crippen molar-refractivity contribution >= 4 is 44.3 Å². The van der Waals surface area contributed by atoms with Crippen LogP contribution in [0.5, 0.6) is 0 Å². The zero-order chi connectivity index (χ0) is 26.5. The van der Waals surface area contributed by atoms with Gasteiger partial charge in [-0.3, -0.25) is 4.90 Å². The first-order valence-corrected chi connectivity index (χ1v) is 14.2. The summed E-state index contributed by atoms with van der Waals surface area (Å²) in [5, 5.41) is 1.06. The molecule has 2 aliphatic heterocycles. The van der Waals surface area contributed by atoms with Crippen LogP contribution in [0.4, 0.5) is 4.79 Å². The zero-order valence-electron chi connectivity index (χ0n) is 21.4. The summed E-state index contributed by atoms with van der Waals surface area (Å²) in [6.07, 6.45) is 3.98. The molecule has 1 amide bonds. The SMILES string of the molecule is Cc1ccc(S(=O)(=O)n2c(C3=CCN(C4CN(C(=O)OC(C)(C)C)C4)CC3)cc3c(Cl)ccnc32)cc1. The standard InChI is InChI=1S/C27H31ClN4O4S/c1-18-5-7-21(8-6-18)37(34,35)32-24(15-22-23(28)9-12-29-25(22)32)19-10-13-30(14-11-19)20-16-31(17-20)26(33)36-27(2,3)4/h5-10,12,15,20H,11,13-14,16-17H2,1-4H3. The molecule has 2 aliphatic rings. The van der Waals surface area contributed by atoms with Crippen molar-refractivity contribution in [1.29, 1.82) is 0 Å². The van der Waals surface area contributed by atoms with Crippen LogP contribution in [-0.2, 0) is 14.8 Å². The second-order valence-corrected chi connectivity index (χ2v) is 12.8. The van der Waals surface area contributed by atoms with Crippen LogP contribution < -0.4 is 0 Å². The van der Waals surface area contributed by atoms with Gasteiger partial charge in [0.05, 0.1) is 15.6 Å². The third kappa shape index (κ3) is 5.00. The normalized spacial score (nSPS) is 17.5. The first-order valence-electron chi connectivity index (χ1n) is 12.3. The fraction of sp³-hybridized carbons (Fsp3) is 0.407. The Kier molecular flexibility index (Phi) is 6.58. The number of halogens is 1. The highest BCUT2D eigenvalue weighted by Crippen LogP contribution is 2.35. The van der Waals surface area contributed by atoms with Gasteiger partial charge in [-0.2, -0.15) is 0 Å².